The van der Waals surface area contributed by atoms with Gasteiger partial charge in [0.05, 0.1) is 21.1 Å². The van der Waals surface area contributed by atoms with Crippen molar-refractivity contribution in [3.05, 3.63) is 93.0 Å². The largest absolute Gasteiger partial charge is 0.422 e. The lowest BCUT2D eigenvalue weighted by Crippen LogP contribution is -2.12. The third kappa shape index (κ3) is 4.64. The van der Waals surface area contributed by atoms with E-state index in [4.69, 9.17) is 16.3 Å². The maximum atomic E-state index is 12.8. The van der Waals surface area contributed by atoms with Crippen molar-refractivity contribution in [2.75, 3.05) is 0 Å². The normalized spacial score (nSPS) is 10.4. The zero-order valence-corrected chi connectivity index (χ0v) is 16.7. The fourth-order valence-electron chi connectivity index (χ4n) is 2.58. The molecule has 6 nitrogen and oxygen atoms in total. The molecule has 0 aliphatic carbocycles. The molecule has 0 amide bonds. The van der Waals surface area contributed by atoms with Crippen LogP contribution in [0.4, 0.5) is 5.69 Å². The van der Waals surface area contributed by atoms with Gasteiger partial charge in [-0.3, -0.25) is 14.9 Å². The number of ketones is 1. The quantitative estimate of drug-likeness (QED) is 0.162. The molecule has 0 N–H and O–H groups in total. The van der Waals surface area contributed by atoms with E-state index in [1.165, 1.54) is 25.1 Å². The molecule has 0 aromatic heterocycles. The van der Waals surface area contributed by atoms with E-state index in [0.717, 1.165) is 11.8 Å². The Balaban J connectivity index is 1.96. The molecular weight excluding hydrogens is 414 g/mol. The van der Waals surface area contributed by atoms with Crippen LogP contribution in [0.3, 0.4) is 0 Å². The fourth-order valence-corrected chi connectivity index (χ4v) is 3.90. The smallest absolute Gasteiger partial charge is 0.344 e. The van der Waals surface area contributed by atoms with E-state index in [0.29, 0.717) is 4.90 Å². The molecular formula is C21H14ClNO5S. The van der Waals surface area contributed by atoms with Gasteiger partial charge >= 0.3 is 5.97 Å². The van der Waals surface area contributed by atoms with E-state index in [2.05, 4.69) is 0 Å². The summed E-state index contributed by atoms with van der Waals surface area (Å²) in [6.07, 6.45) is 0. The molecule has 0 aliphatic rings. The number of Topliss-reactive ketones (excluding diaryl/α,β-unsaturated/α-hetero) is 1. The number of halogens is 1. The molecule has 3 aromatic carbocycles. The van der Waals surface area contributed by atoms with Crippen molar-refractivity contribution in [1.82, 2.24) is 0 Å². The van der Waals surface area contributed by atoms with Crippen molar-refractivity contribution < 1.29 is 19.2 Å². The number of nitrogens with zero attached hydrogens (tertiary/aromatic N) is 1. The summed E-state index contributed by atoms with van der Waals surface area (Å²) in [5, 5.41) is 11.5. The minimum atomic E-state index is -0.684. The number of ether oxygens (including phenoxy) is 1. The number of esters is 1. The van der Waals surface area contributed by atoms with Gasteiger partial charge in [-0.2, -0.15) is 0 Å². The highest BCUT2D eigenvalue weighted by Crippen LogP contribution is 2.41. The van der Waals surface area contributed by atoms with Gasteiger partial charge in [0.2, 0.25) is 0 Å². The molecule has 3 aromatic rings. The molecule has 0 fully saturated rings. The Labute approximate surface area is 175 Å². The Morgan fingerprint density at radius 2 is 1.62 bits per heavy atom. The van der Waals surface area contributed by atoms with Gasteiger partial charge in [0.1, 0.15) is 10.6 Å². The Hall–Kier alpha value is -3.16. The van der Waals surface area contributed by atoms with Crippen LogP contribution < -0.4 is 4.74 Å². The van der Waals surface area contributed by atoms with Crippen LogP contribution in [0.2, 0.25) is 5.02 Å². The Bertz CT molecular complexity index is 1120. The zero-order valence-electron chi connectivity index (χ0n) is 15.1. The van der Waals surface area contributed by atoms with Gasteiger partial charge in [0.25, 0.3) is 5.69 Å². The van der Waals surface area contributed by atoms with Crippen molar-refractivity contribution in [2.24, 2.45) is 0 Å². The van der Waals surface area contributed by atoms with Gasteiger partial charge in [-0.1, -0.05) is 53.7 Å². The maximum absolute atomic E-state index is 12.8. The molecule has 0 radical (unpaired) electrons. The van der Waals surface area contributed by atoms with Gasteiger partial charge in [-0.05, 0) is 37.3 Å². The number of carbonyl (C=O) groups excluding carboxylic acids is 2. The predicted octanol–water partition coefficient (Wildman–Crippen LogP) is 5.82. The van der Waals surface area contributed by atoms with Gasteiger partial charge in [0.15, 0.2) is 5.78 Å². The summed E-state index contributed by atoms with van der Waals surface area (Å²) < 4.78 is 5.44. The van der Waals surface area contributed by atoms with Gasteiger partial charge in [-0.15, -0.1) is 0 Å². The number of nitro groups is 1. The molecule has 146 valence electrons. The highest BCUT2D eigenvalue weighted by atomic mass is 35.5. The lowest BCUT2D eigenvalue weighted by Gasteiger charge is -2.11. The minimum Gasteiger partial charge on any atom is -0.422 e. The Kier molecular flexibility index (Phi) is 6.31. The van der Waals surface area contributed by atoms with E-state index < -0.39 is 10.9 Å². The predicted molar refractivity (Wildman–Crippen MR) is 110 cm³/mol. The minimum absolute atomic E-state index is 0.147. The lowest BCUT2D eigenvalue weighted by molar-refractivity contribution is -0.387. The number of nitro benzene ring substituents is 1. The van der Waals surface area contributed by atoms with Crippen molar-refractivity contribution >= 4 is 40.8 Å². The van der Waals surface area contributed by atoms with Crippen LogP contribution in [-0.2, 0) is 0 Å². The van der Waals surface area contributed by atoms with Crippen LogP contribution in [0.15, 0.2) is 76.5 Å². The third-order valence-corrected chi connectivity index (χ3v) is 5.57. The molecule has 0 heterocycles. The van der Waals surface area contributed by atoms with Crippen LogP contribution >= 0.6 is 23.4 Å². The highest BCUT2D eigenvalue weighted by Gasteiger charge is 2.22. The molecule has 0 unspecified atom stereocenters. The average Bonchev–Trinajstić information content (AvgIpc) is 2.70. The van der Waals surface area contributed by atoms with E-state index in [-0.39, 0.29) is 38.3 Å². The first kappa shape index (κ1) is 20.6. The second-order valence-corrected chi connectivity index (χ2v) is 7.34. The number of carbonyl (C=O) groups is 2. The molecule has 0 saturated carbocycles. The molecule has 8 heteroatoms. The molecule has 29 heavy (non-hydrogen) atoms. The second kappa shape index (κ2) is 8.89. The van der Waals surface area contributed by atoms with Crippen molar-refractivity contribution in [3.63, 3.8) is 0 Å². The van der Waals surface area contributed by atoms with E-state index in [1.807, 2.05) is 0 Å². The van der Waals surface area contributed by atoms with E-state index in [9.17, 15) is 19.7 Å². The van der Waals surface area contributed by atoms with Crippen LogP contribution in [0, 0.1) is 10.1 Å². The summed E-state index contributed by atoms with van der Waals surface area (Å²) in [6.45, 7) is 1.38. The van der Waals surface area contributed by atoms with Crippen molar-refractivity contribution in [3.8, 4) is 5.75 Å². The van der Waals surface area contributed by atoms with Crippen LogP contribution in [0.1, 0.15) is 27.6 Å². The third-order valence-electron chi connectivity index (χ3n) is 3.93. The molecule has 0 spiro atoms. The van der Waals surface area contributed by atoms with Crippen LogP contribution in [-0.4, -0.2) is 16.7 Å². The molecule has 0 bridgehead atoms. The Morgan fingerprint density at radius 1 is 0.966 bits per heavy atom. The standard InChI is InChI=1S/C21H14ClNO5S/c1-13(24)14-7-2-4-11-18(14)28-21(25)15-8-3-5-12-19(15)29-20-16(22)9-6-10-17(20)23(26)27/h2-12H,1H3. The first-order chi connectivity index (χ1) is 13.9. The highest BCUT2D eigenvalue weighted by molar-refractivity contribution is 7.99. The lowest BCUT2D eigenvalue weighted by atomic mass is 10.1. The molecule has 3 rings (SSSR count). The molecule has 0 atom stereocenters. The number of benzene rings is 3. The number of hydrogen-bond donors (Lipinski definition) is 0. The monoisotopic (exact) mass is 427 g/mol. The van der Waals surface area contributed by atoms with Gasteiger partial charge < -0.3 is 4.74 Å². The summed E-state index contributed by atoms with van der Waals surface area (Å²) in [6, 6.07) is 17.3. The number of para-hydroxylation sites is 1. The summed E-state index contributed by atoms with van der Waals surface area (Å²) >= 11 is 7.17. The summed E-state index contributed by atoms with van der Waals surface area (Å²) in [5.74, 6) is -0.771. The second-order valence-electron chi connectivity index (χ2n) is 5.89. The first-order valence-corrected chi connectivity index (χ1v) is 9.60. The maximum Gasteiger partial charge on any atom is 0.344 e. The summed E-state index contributed by atoms with van der Waals surface area (Å²) in [7, 11) is 0. The fraction of sp³-hybridized carbons (Fsp3) is 0.0476. The SMILES string of the molecule is CC(=O)c1ccccc1OC(=O)c1ccccc1Sc1c(Cl)cccc1[N+](=O)[O-]. The topological polar surface area (TPSA) is 86.5 Å². The number of hydrogen-bond acceptors (Lipinski definition) is 6. The van der Waals surface area contributed by atoms with Gasteiger partial charge in [-0.25, -0.2) is 4.79 Å². The summed E-state index contributed by atoms with van der Waals surface area (Å²) in [4.78, 5) is 36.0. The van der Waals surface area contributed by atoms with Crippen LogP contribution in [0.25, 0.3) is 0 Å². The van der Waals surface area contributed by atoms with Crippen molar-refractivity contribution in [1.29, 1.82) is 0 Å². The molecule has 0 aliphatic heterocycles. The van der Waals surface area contributed by atoms with Gasteiger partial charge in [0, 0.05) is 11.0 Å². The number of rotatable bonds is 6. The van der Waals surface area contributed by atoms with E-state index in [1.54, 1.807) is 48.5 Å². The first-order valence-electron chi connectivity index (χ1n) is 8.40. The Morgan fingerprint density at radius 3 is 2.31 bits per heavy atom. The van der Waals surface area contributed by atoms with Crippen LogP contribution in [0.5, 0.6) is 5.75 Å². The van der Waals surface area contributed by atoms with Crippen molar-refractivity contribution in [2.45, 2.75) is 16.7 Å². The zero-order chi connectivity index (χ0) is 21.0. The molecule has 0 saturated heterocycles. The van der Waals surface area contributed by atoms with E-state index >= 15 is 0 Å². The summed E-state index contributed by atoms with van der Waals surface area (Å²) in [5.41, 5.74) is 0.324. The average molecular weight is 428 g/mol.